The molecule has 0 bridgehead atoms. The third kappa shape index (κ3) is 2.05. The largest absolute Gasteiger partial charge is 0.473 e. The van der Waals surface area contributed by atoms with E-state index in [-0.39, 0.29) is 0 Å². The molecule has 0 aliphatic heterocycles. The van der Waals surface area contributed by atoms with Gasteiger partial charge >= 0.3 is 0 Å². The maximum absolute atomic E-state index is 5.66. The Kier molecular flexibility index (Phi) is 2.68. The average Bonchev–Trinajstić information content (AvgIpc) is 2.79. The van der Waals surface area contributed by atoms with Crippen molar-refractivity contribution in [3.05, 3.63) is 54.4 Å². The molecule has 0 saturated heterocycles. The zero-order valence-corrected chi connectivity index (χ0v) is 10.00. The first-order valence-corrected chi connectivity index (χ1v) is 5.71. The predicted molar refractivity (Wildman–Crippen MR) is 68.1 cm³/mol. The Balaban J connectivity index is 1.80. The Morgan fingerprint density at radius 2 is 2.00 bits per heavy atom. The van der Waals surface area contributed by atoms with Crippen LogP contribution in [-0.2, 0) is 13.7 Å². The second-order valence-electron chi connectivity index (χ2n) is 4.04. The summed E-state index contributed by atoms with van der Waals surface area (Å²) in [5.41, 5.74) is 2.72. The Bertz CT molecular complexity index is 661. The molecule has 2 heterocycles. The Morgan fingerprint density at radius 3 is 2.83 bits per heavy atom. The molecular weight excluding hydrogens is 226 g/mol. The maximum atomic E-state index is 5.66. The van der Waals surface area contributed by atoms with Crippen molar-refractivity contribution in [3.8, 4) is 5.88 Å². The van der Waals surface area contributed by atoms with Crippen molar-refractivity contribution in [3.63, 3.8) is 0 Å². The van der Waals surface area contributed by atoms with Crippen molar-refractivity contribution < 1.29 is 4.74 Å². The van der Waals surface area contributed by atoms with Crippen LogP contribution in [0.5, 0.6) is 5.88 Å². The molecule has 4 heteroatoms. The molecule has 3 rings (SSSR count). The van der Waals surface area contributed by atoms with Crippen molar-refractivity contribution in [2.45, 2.75) is 6.61 Å². The summed E-state index contributed by atoms with van der Waals surface area (Å²) in [5.74, 6) is 0.600. The van der Waals surface area contributed by atoms with Gasteiger partial charge in [0.05, 0.1) is 0 Å². The molecule has 0 aliphatic rings. The smallest absolute Gasteiger partial charge is 0.215 e. The van der Waals surface area contributed by atoms with Crippen molar-refractivity contribution in [2.24, 2.45) is 7.05 Å². The summed E-state index contributed by atoms with van der Waals surface area (Å²) < 4.78 is 7.41. The molecule has 0 unspecified atom stereocenters. The van der Waals surface area contributed by atoms with Crippen LogP contribution in [0.4, 0.5) is 0 Å². The highest BCUT2D eigenvalue weighted by Crippen LogP contribution is 2.15. The molecule has 0 saturated carbocycles. The molecule has 0 amide bonds. The van der Waals surface area contributed by atoms with E-state index in [0.29, 0.717) is 12.5 Å². The van der Waals surface area contributed by atoms with Gasteiger partial charge in [0.2, 0.25) is 5.88 Å². The summed E-state index contributed by atoms with van der Waals surface area (Å²) in [6, 6.07) is 13.7. The van der Waals surface area contributed by atoms with Gasteiger partial charge in [0.1, 0.15) is 12.1 Å². The molecule has 0 aliphatic carbocycles. The average molecular weight is 238 g/mol. The highest BCUT2D eigenvalue weighted by molar-refractivity contribution is 5.70. The van der Waals surface area contributed by atoms with Crippen molar-refractivity contribution in [2.75, 3.05) is 0 Å². The molecule has 0 spiro atoms. The van der Waals surface area contributed by atoms with E-state index in [2.05, 4.69) is 16.3 Å². The van der Waals surface area contributed by atoms with Gasteiger partial charge in [-0.3, -0.25) is 0 Å². The zero-order chi connectivity index (χ0) is 12.4. The number of aryl methyl sites for hydroxylation is 1. The van der Waals surface area contributed by atoms with Gasteiger partial charge in [-0.05, 0) is 11.6 Å². The number of nitrogens with zero attached hydrogens (tertiary/aromatic N) is 3. The quantitative estimate of drug-likeness (QED) is 0.703. The number of pyridine rings is 1. The second kappa shape index (κ2) is 4.49. The van der Waals surface area contributed by atoms with E-state index in [1.165, 1.54) is 0 Å². The molecule has 0 fully saturated rings. The molecule has 0 atom stereocenters. The van der Waals surface area contributed by atoms with Crippen LogP contribution in [0.15, 0.2) is 42.5 Å². The lowest BCUT2D eigenvalue weighted by Gasteiger charge is -2.05. The van der Waals surface area contributed by atoms with Gasteiger partial charge in [0, 0.05) is 13.1 Å². The molecule has 0 N–H and O–H groups in total. The number of ether oxygens (including phenoxy) is 1. The normalized spacial score (nSPS) is 10.7. The third-order valence-electron chi connectivity index (χ3n) is 2.70. The maximum Gasteiger partial charge on any atom is 0.215 e. The number of aromatic nitrogens is 3. The summed E-state index contributed by atoms with van der Waals surface area (Å²) in [7, 11) is 1.86. The first-order chi connectivity index (χ1) is 8.83. The van der Waals surface area contributed by atoms with Gasteiger partial charge in [-0.2, -0.15) is 4.98 Å². The van der Waals surface area contributed by atoms with Gasteiger partial charge in [0.15, 0.2) is 12.0 Å². The number of hydrogen-bond acceptors (Lipinski definition) is 3. The molecule has 2 aromatic heterocycles. The van der Waals surface area contributed by atoms with Gasteiger partial charge < -0.3 is 9.30 Å². The topological polar surface area (TPSA) is 39.9 Å². The first-order valence-electron chi connectivity index (χ1n) is 5.71. The Morgan fingerprint density at radius 1 is 1.17 bits per heavy atom. The highest BCUT2D eigenvalue weighted by atomic mass is 16.5. The lowest BCUT2D eigenvalue weighted by Crippen LogP contribution is -1.98. The fraction of sp³-hybridized carbons (Fsp3) is 0.143. The van der Waals surface area contributed by atoms with E-state index in [1.54, 1.807) is 4.57 Å². The SMILES string of the molecule is Cn1[c]nc2ccc(OCc3ccccc3)nc21. The number of imidazole rings is 1. The van der Waals surface area contributed by atoms with Crippen LogP contribution in [0.25, 0.3) is 11.2 Å². The van der Waals surface area contributed by atoms with Crippen molar-refractivity contribution in [1.29, 1.82) is 0 Å². The summed E-state index contributed by atoms with van der Waals surface area (Å²) in [4.78, 5) is 8.49. The minimum atomic E-state index is 0.515. The van der Waals surface area contributed by atoms with E-state index in [0.717, 1.165) is 16.7 Å². The van der Waals surface area contributed by atoms with E-state index in [4.69, 9.17) is 4.74 Å². The molecule has 1 radical (unpaired) electrons. The minimum absolute atomic E-state index is 0.515. The lowest BCUT2D eigenvalue weighted by molar-refractivity contribution is 0.295. The lowest BCUT2D eigenvalue weighted by atomic mass is 10.2. The molecular formula is C14H12N3O. The fourth-order valence-corrected chi connectivity index (χ4v) is 1.75. The van der Waals surface area contributed by atoms with E-state index in [1.807, 2.05) is 49.5 Å². The van der Waals surface area contributed by atoms with Crippen LogP contribution in [0, 0.1) is 6.33 Å². The molecule has 3 aromatic rings. The van der Waals surface area contributed by atoms with Crippen LogP contribution < -0.4 is 4.74 Å². The van der Waals surface area contributed by atoms with E-state index in [9.17, 15) is 0 Å². The first kappa shape index (κ1) is 10.8. The number of rotatable bonds is 3. The number of hydrogen-bond donors (Lipinski definition) is 0. The second-order valence-corrected chi connectivity index (χ2v) is 4.04. The summed E-state index contributed by atoms with van der Waals surface area (Å²) in [6.07, 6.45) is 2.83. The number of benzene rings is 1. The van der Waals surface area contributed by atoms with Crippen molar-refractivity contribution in [1.82, 2.24) is 14.5 Å². The summed E-state index contributed by atoms with van der Waals surface area (Å²) in [6.45, 7) is 0.515. The van der Waals surface area contributed by atoms with E-state index >= 15 is 0 Å². The fourth-order valence-electron chi connectivity index (χ4n) is 1.75. The monoisotopic (exact) mass is 238 g/mol. The van der Waals surface area contributed by atoms with E-state index < -0.39 is 0 Å². The van der Waals surface area contributed by atoms with Gasteiger partial charge in [-0.15, -0.1) is 0 Å². The molecule has 89 valence electrons. The van der Waals surface area contributed by atoms with Crippen LogP contribution in [0.2, 0.25) is 0 Å². The molecule has 1 aromatic carbocycles. The number of fused-ring (bicyclic) bond motifs is 1. The van der Waals surface area contributed by atoms with Crippen LogP contribution >= 0.6 is 0 Å². The standard InChI is InChI=1S/C14H12N3O/c1-17-10-15-12-7-8-13(16-14(12)17)18-9-11-5-3-2-4-6-11/h2-8H,9H2,1H3. The van der Waals surface area contributed by atoms with Crippen molar-refractivity contribution >= 4 is 11.2 Å². The Labute approximate surface area is 105 Å². The van der Waals surface area contributed by atoms with Crippen LogP contribution in [0.1, 0.15) is 5.56 Å². The van der Waals surface area contributed by atoms with Crippen LogP contribution in [0.3, 0.4) is 0 Å². The zero-order valence-electron chi connectivity index (χ0n) is 10.00. The summed E-state index contributed by atoms with van der Waals surface area (Å²) >= 11 is 0. The Hall–Kier alpha value is -2.36. The molecule has 4 nitrogen and oxygen atoms in total. The summed E-state index contributed by atoms with van der Waals surface area (Å²) in [5, 5.41) is 0. The van der Waals surface area contributed by atoms with Gasteiger partial charge in [-0.25, -0.2) is 4.98 Å². The molecule has 18 heavy (non-hydrogen) atoms. The minimum Gasteiger partial charge on any atom is -0.473 e. The predicted octanol–water partition coefficient (Wildman–Crippen LogP) is 2.35. The van der Waals surface area contributed by atoms with Crippen LogP contribution in [-0.4, -0.2) is 14.5 Å². The highest BCUT2D eigenvalue weighted by Gasteiger charge is 2.04. The van der Waals surface area contributed by atoms with Gasteiger partial charge in [0.25, 0.3) is 0 Å². The third-order valence-corrected chi connectivity index (χ3v) is 2.70. The van der Waals surface area contributed by atoms with Gasteiger partial charge in [-0.1, -0.05) is 30.3 Å².